The maximum absolute atomic E-state index is 10.7. The van der Waals surface area contributed by atoms with Crippen molar-refractivity contribution in [2.24, 2.45) is 0 Å². The van der Waals surface area contributed by atoms with Crippen molar-refractivity contribution in [2.75, 3.05) is 6.61 Å². The van der Waals surface area contributed by atoms with Crippen LogP contribution in [0, 0.1) is 0 Å². The van der Waals surface area contributed by atoms with E-state index in [1.165, 1.54) is 24.3 Å². The third-order valence-electron chi connectivity index (χ3n) is 1.83. The number of carbonyl (C=O) groups excluding carboxylic acids is 1. The number of benzene rings is 1. The Morgan fingerprint density at radius 3 is 2.24 bits per heavy atom. The van der Waals surface area contributed by atoms with E-state index in [2.05, 4.69) is 4.74 Å². The van der Waals surface area contributed by atoms with E-state index >= 15 is 0 Å². The summed E-state index contributed by atoms with van der Waals surface area (Å²) < 4.78 is 34.3. The van der Waals surface area contributed by atoms with E-state index in [-0.39, 0.29) is 41.1 Å². The van der Waals surface area contributed by atoms with Gasteiger partial charge in [0, 0.05) is 6.61 Å². The summed E-state index contributed by atoms with van der Waals surface area (Å²) in [4.78, 5) is 9.72. The van der Waals surface area contributed by atoms with Crippen molar-refractivity contribution in [3.63, 3.8) is 0 Å². The Labute approximate surface area is 121 Å². The van der Waals surface area contributed by atoms with Gasteiger partial charge < -0.3 is 14.6 Å². The molecule has 0 bridgehead atoms. The van der Waals surface area contributed by atoms with Crippen LogP contribution < -0.4 is 34.7 Å². The summed E-state index contributed by atoms with van der Waals surface area (Å²) >= 11 is 0. The number of hydrogen-bond donors (Lipinski definition) is 1. The zero-order valence-electron chi connectivity index (χ0n) is 9.12. The van der Waals surface area contributed by atoms with Crippen LogP contribution in [0.3, 0.4) is 0 Å². The molecule has 0 heterocycles. The standard InChI is InChI=1S/C9H10O6S.Na/c10-9(11)15-6-5-7-1-3-8(4-2-7)16(12,13)14;/h1-4H,5-6H2,(H,10,11)(H,12,13,14);/q;+1/p-1. The second-order valence-corrected chi connectivity index (χ2v) is 4.39. The number of ether oxygens (including phenoxy) is 1. The smallest absolute Gasteiger partial charge is 0.549 e. The molecule has 1 aromatic carbocycles. The third-order valence-corrected chi connectivity index (χ3v) is 2.70. The molecule has 0 radical (unpaired) electrons. The first-order valence-corrected chi connectivity index (χ1v) is 5.74. The molecule has 1 rings (SSSR count). The summed E-state index contributed by atoms with van der Waals surface area (Å²) in [6, 6.07) is 5.37. The summed E-state index contributed by atoms with van der Waals surface area (Å²) in [5.41, 5.74) is 0.689. The first-order chi connectivity index (χ1) is 7.39. The molecule has 1 N–H and O–H groups in total. The molecule has 0 saturated heterocycles. The summed E-state index contributed by atoms with van der Waals surface area (Å²) in [7, 11) is -4.19. The Morgan fingerprint density at radius 1 is 1.29 bits per heavy atom. The van der Waals surface area contributed by atoms with Gasteiger partial charge in [0.15, 0.2) is 0 Å². The van der Waals surface area contributed by atoms with E-state index in [0.717, 1.165) is 0 Å². The second kappa shape index (κ2) is 6.97. The van der Waals surface area contributed by atoms with E-state index in [9.17, 15) is 18.3 Å². The normalized spacial score (nSPS) is 10.4. The second-order valence-electron chi connectivity index (χ2n) is 2.97. The number of carboxylic acid groups (broad SMARTS) is 1. The molecule has 0 fully saturated rings. The Morgan fingerprint density at radius 2 is 1.82 bits per heavy atom. The van der Waals surface area contributed by atoms with Crippen molar-refractivity contribution in [1.29, 1.82) is 0 Å². The van der Waals surface area contributed by atoms with Crippen LogP contribution in [-0.4, -0.2) is 25.7 Å². The van der Waals surface area contributed by atoms with Crippen LogP contribution in [0.25, 0.3) is 0 Å². The van der Waals surface area contributed by atoms with Gasteiger partial charge in [-0.1, -0.05) is 12.1 Å². The van der Waals surface area contributed by atoms with Crippen LogP contribution in [-0.2, 0) is 21.3 Å². The van der Waals surface area contributed by atoms with Crippen molar-refractivity contribution < 1.29 is 57.2 Å². The minimum Gasteiger partial charge on any atom is -0.549 e. The molecule has 0 aromatic heterocycles. The van der Waals surface area contributed by atoms with Gasteiger partial charge >= 0.3 is 29.6 Å². The summed E-state index contributed by atoms with van der Waals surface area (Å²) in [5.74, 6) is 0. The molecular formula is C9H9NaO6S. The summed E-state index contributed by atoms with van der Waals surface area (Å²) in [6.07, 6.45) is -1.30. The predicted octanol–water partition coefficient (Wildman–Crippen LogP) is -3.16. The molecule has 0 aliphatic rings. The van der Waals surface area contributed by atoms with Gasteiger partial charge in [-0.25, -0.2) is 0 Å². The molecule has 0 saturated carbocycles. The molecule has 88 valence electrons. The van der Waals surface area contributed by atoms with Crippen LogP contribution in [0.5, 0.6) is 0 Å². The Bertz CT molecular complexity index is 467. The zero-order valence-corrected chi connectivity index (χ0v) is 11.9. The fraction of sp³-hybridized carbons (Fsp3) is 0.222. The van der Waals surface area contributed by atoms with Crippen molar-refractivity contribution in [1.82, 2.24) is 0 Å². The molecule has 17 heavy (non-hydrogen) atoms. The monoisotopic (exact) mass is 268 g/mol. The van der Waals surface area contributed by atoms with Gasteiger partial charge in [0.05, 0.1) is 4.90 Å². The summed E-state index contributed by atoms with van der Waals surface area (Å²) in [6.45, 7) is -0.0619. The van der Waals surface area contributed by atoms with Gasteiger partial charge in [0.1, 0.15) is 0 Å². The van der Waals surface area contributed by atoms with Crippen molar-refractivity contribution >= 4 is 16.3 Å². The van der Waals surface area contributed by atoms with Crippen molar-refractivity contribution in [3.8, 4) is 0 Å². The fourth-order valence-corrected chi connectivity index (χ4v) is 1.56. The van der Waals surface area contributed by atoms with Gasteiger partial charge in [-0.2, -0.15) is 8.42 Å². The fourth-order valence-electron chi connectivity index (χ4n) is 1.08. The maximum Gasteiger partial charge on any atom is 1.00 e. The Balaban J connectivity index is 0.00000256. The molecule has 1 aromatic rings. The largest absolute Gasteiger partial charge is 1.00 e. The first-order valence-electron chi connectivity index (χ1n) is 4.30. The number of hydrogen-bond acceptors (Lipinski definition) is 5. The van der Waals surface area contributed by atoms with Crippen molar-refractivity contribution in [2.45, 2.75) is 11.3 Å². The van der Waals surface area contributed by atoms with Gasteiger partial charge in [-0.05, 0) is 24.1 Å². The van der Waals surface area contributed by atoms with E-state index in [4.69, 9.17) is 4.55 Å². The van der Waals surface area contributed by atoms with Crippen LogP contribution in [0.4, 0.5) is 4.79 Å². The number of carbonyl (C=O) groups is 1. The molecule has 0 aliphatic heterocycles. The molecule has 0 spiro atoms. The SMILES string of the molecule is O=C([O-])OCCc1ccc(S(=O)(=O)O)cc1.[Na+]. The molecule has 6 nitrogen and oxygen atoms in total. The van der Waals surface area contributed by atoms with Crippen molar-refractivity contribution in [3.05, 3.63) is 29.8 Å². The predicted molar refractivity (Wildman–Crippen MR) is 51.3 cm³/mol. The molecule has 0 amide bonds. The van der Waals surface area contributed by atoms with Crippen LogP contribution in [0.2, 0.25) is 0 Å². The Hall–Kier alpha value is -0.600. The van der Waals surface area contributed by atoms with Gasteiger partial charge in [-0.3, -0.25) is 4.55 Å². The van der Waals surface area contributed by atoms with Crippen LogP contribution in [0.1, 0.15) is 5.56 Å². The molecule has 0 unspecified atom stereocenters. The molecule has 0 aliphatic carbocycles. The van der Waals surface area contributed by atoms with Gasteiger partial charge in [-0.15, -0.1) is 0 Å². The summed E-state index contributed by atoms with van der Waals surface area (Å²) in [5, 5.41) is 9.93. The van der Waals surface area contributed by atoms with Crippen LogP contribution >= 0.6 is 0 Å². The molecule has 0 atom stereocenters. The quantitative estimate of drug-likeness (QED) is 0.351. The van der Waals surface area contributed by atoms with Gasteiger partial charge in [0.25, 0.3) is 16.3 Å². The van der Waals surface area contributed by atoms with E-state index < -0.39 is 16.3 Å². The third kappa shape index (κ3) is 6.04. The van der Waals surface area contributed by atoms with Gasteiger partial charge in [0.2, 0.25) is 0 Å². The molecule has 8 heteroatoms. The zero-order chi connectivity index (χ0) is 12.2. The van der Waals surface area contributed by atoms with E-state index in [1.54, 1.807) is 0 Å². The maximum atomic E-state index is 10.7. The van der Waals surface area contributed by atoms with E-state index in [0.29, 0.717) is 12.0 Å². The van der Waals surface area contributed by atoms with E-state index in [1.807, 2.05) is 0 Å². The number of rotatable bonds is 4. The minimum atomic E-state index is -4.19. The molecular weight excluding hydrogens is 259 g/mol. The Kier molecular flexibility index (Phi) is 6.73. The topological polar surface area (TPSA) is 104 Å². The average Bonchev–Trinajstić information content (AvgIpc) is 2.16. The first kappa shape index (κ1) is 16.4. The minimum absolute atomic E-state index is 0. The van der Waals surface area contributed by atoms with Crippen LogP contribution in [0.15, 0.2) is 29.2 Å². The average molecular weight is 268 g/mol.